The fraction of sp³-hybridized carbons (Fsp3) is 0.333. The molecule has 1 N–H and O–H groups in total. The zero-order valence-corrected chi connectivity index (χ0v) is 16.9. The summed E-state index contributed by atoms with van der Waals surface area (Å²) in [4.78, 5) is 28.4. The van der Waals surface area contributed by atoms with Gasteiger partial charge in [-0.25, -0.2) is 0 Å². The quantitative estimate of drug-likeness (QED) is 0.442. The minimum atomic E-state index is -0.642. The number of carbonyl (C=O) groups is 2. The van der Waals surface area contributed by atoms with Crippen molar-refractivity contribution in [2.24, 2.45) is 0 Å². The molecule has 2 fully saturated rings. The van der Waals surface area contributed by atoms with Crippen molar-refractivity contribution in [3.63, 3.8) is 0 Å². The van der Waals surface area contributed by atoms with Gasteiger partial charge in [0, 0.05) is 16.5 Å². The molecule has 0 radical (unpaired) electrons. The predicted molar refractivity (Wildman–Crippen MR) is 109 cm³/mol. The number of ketones is 1. The van der Waals surface area contributed by atoms with Crippen molar-refractivity contribution in [1.82, 2.24) is 4.90 Å². The van der Waals surface area contributed by atoms with Crippen LogP contribution in [-0.4, -0.2) is 34.8 Å². The molecular formula is C21H20ClNO4S. The van der Waals surface area contributed by atoms with Gasteiger partial charge in [-0.15, -0.1) is 11.3 Å². The van der Waals surface area contributed by atoms with E-state index < -0.39 is 17.7 Å². The first-order chi connectivity index (χ1) is 13.5. The molecule has 146 valence electrons. The Morgan fingerprint density at radius 3 is 2.64 bits per heavy atom. The molecule has 1 aliphatic carbocycles. The molecule has 1 saturated heterocycles. The lowest BCUT2D eigenvalue weighted by atomic mass is 9.99. The van der Waals surface area contributed by atoms with E-state index in [2.05, 4.69) is 0 Å². The fourth-order valence-corrected chi connectivity index (χ4v) is 5.12. The monoisotopic (exact) mass is 417 g/mol. The summed E-state index contributed by atoms with van der Waals surface area (Å²) in [5.74, 6) is -0.986. The van der Waals surface area contributed by atoms with Crippen molar-refractivity contribution in [3.05, 3.63) is 56.7 Å². The molecule has 0 spiro atoms. The Balaban J connectivity index is 1.86. The zero-order chi connectivity index (χ0) is 19.8. The molecule has 1 saturated carbocycles. The number of aliphatic hydroxyl groups is 1. The molecule has 1 aromatic heterocycles. The molecule has 2 aromatic rings. The van der Waals surface area contributed by atoms with Crippen molar-refractivity contribution < 1.29 is 19.4 Å². The number of aliphatic hydroxyl groups excluding tert-OH is 1. The van der Waals surface area contributed by atoms with Gasteiger partial charge in [0.05, 0.1) is 23.7 Å². The van der Waals surface area contributed by atoms with E-state index in [1.165, 1.54) is 18.4 Å². The highest BCUT2D eigenvalue weighted by atomic mass is 35.5. The summed E-state index contributed by atoms with van der Waals surface area (Å²) in [5.41, 5.74) is 0.524. The van der Waals surface area contributed by atoms with Crippen molar-refractivity contribution in [3.8, 4) is 5.75 Å². The van der Waals surface area contributed by atoms with E-state index >= 15 is 0 Å². The van der Waals surface area contributed by atoms with Crippen molar-refractivity contribution >= 4 is 40.4 Å². The molecule has 0 bridgehead atoms. The van der Waals surface area contributed by atoms with Gasteiger partial charge in [0.1, 0.15) is 11.5 Å². The molecule has 28 heavy (non-hydrogen) atoms. The average Bonchev–Trinajstić information content (AvgIpc) is 3.44. The number of thiophene rings is 1. The van der Waals surface area contributed by atoms with Crippen LogP contribution >= 0.6 is 22.9 Å². The van der Waals surface area contributed by atoms with Gasteiger partial charge < -0.3 is 14.7 Å². The number of Topliss-reactive ketones (excluding diaryl/α,β-unsaturated/α-hetero) is 1. The second-order valence-corrected chi connectivity index (χ2v) is 8.40. The highest BCUT2D eigenvalue weighted by Gasteiger charge is 2.49. The molecule has 1 aliphatic heterocycles. The average molecular weight is 418 g/mol. The third-order valence-electron chi connectivity index (χ3n) is 5.44. The number of amides is 1. The van der Waals surface area contributed by atoms with E-state index in [1.54, 1.807) is 23.1 Å². The lowest BCUT2D eigenvalue weighted by molar-refractivity contribution is -0.141. The summed E-state index contributed by atoms with van der Waals surface area (Å²) < 4.78 is 5.22. The van der Waals surface area contributed by atoms with Crippen LogP contribution in [0.5, 0.6) is 5.75 Å². The number of nitrogens with zero attached hydrogens (tertiary/aromatic N) is 1. The maximum absolute atomic E-state index is 13.0. The summed E-state index contributed by atoms with van der Waals surface area (Å²) in [6, 6.07) is 8.04. The Hall–Kier alpha value is -2.31. The number of ether oxygens (including phenoxy) is 1. The summed E-state index contributed by atoms with van der Waals surface area (Å²) >= 11 is 7.56. The van der Waals surface area contributed by atoms with E-state index in [9.17, 15) is 14.7 Å². The highest BCUT2D eigenvalue weighted by Crippen LogP contribution is 2.45. The van der Waals surface area contributed by atoms with Crippen LogP contribution in [-0.2, 0) is 9.59 Å². The predicted octanol–water partition coefficient (Wildman–Crippen LogP) is 4.77. The number of methoxy groups -OCH3 is 1. The van der Waals surface area contributed by atoms with Crippen molar-refractivity contribution in [2.75, 3.05) is 7.11 Å². The van der Waals surface area contributed by atoms with E-state index in [0.29, 0.717) is 16.3 Å². The van der Waals surface area contributed by atoms with Gasteiger partial charge in [0.15, 0.2) is 0 Å². The van der Waals surface area contributed by atoms with Crippen molar-refractivity contribution in [2.45, 2.75) is 37.8 Å². The van der Waals surface area contributed by atoms with Crippen LogP contribution in [0.2, 0.25) is 5.02 Å². The first kappa shape index (κ1) is 19.0. The van der Waals surface area contributed by atoms with E-state index in [1.807, 2.05) is 17.5 Å². The Morgan fingerprint density at radius 2 is 2.00 bits per heavy atom. The van der Waals surface area contributed by atoms with Crippen LogP contribution in [0.4, 0.5) is 0 Å². The number of carbonyl (C=O) groups excluding carboxylic acids is 2. The summed E-state index contributed by atoms with van der Waals surface area (Å²) in [6.45, 7) is 0. The van der Waals surface area contributed by atoms with Gasteiger partial charge in [0.2, 0.25) is 0 Å². The van der Waals surface area contributed by atoms with Gasteiger partial charge in [-0.05, 0) is 42.5 Å². The summed E-state index contributed by atoms with van der Waals surface area (Å²) in [6.07, 6.45) is 3.84. The second kappa shape index (κ2) is 7.60. The van der Waals surface area contributed by atoms with Crippen LogP contribution in [0.1, 0.15) is 42.2 Å². The number of benzene rings is 1. The van der Waals surface area contributed by atoms with Gasteiger partial charge in [-0.1, -0.05) is 30.5 Å². The Labute approximate surface area is 172 Å². The first-order valence-electron chi connectivity index (χ1n) is 9.20. The first-order valence-corrected chi connectivity index (χ1v) is 10.5. The van der Waals surface area contributed by atoms with E-state index in [0.717, 1.165) is 30.6 Å². The van der Waals surface area contributed by atoms with Gasteiger partial charge in [-0.2, -0.15) is 0 Å². The number of hydrogen-bond donors (Lipinski definition) is 1. The van der Waals surface area contributed by atoms with Gasteiger partial charge >= 0.3 is 0 Å². The SMILES string of the molecule is COc1cc(/C(O)=C2/C(=O)C(=O)N(C3CCCC3)C2c2cccs2)ccc1Cl. The molecular weight excluding hydrogens is 398 g/mol. The van der Waals surface area contributed by atoms with Crippen LogP contribution in [0.15, 0.2) is 41.3 Å². The van der Waals surface area contributed by atoms with Crippen LogP contribution < -0.4 is 4.74 Å². The Kier molecular flexibility index (Phi) is 5.17. The fourth-order valence-electron chi connectivity index (χ4n) is 4.10. The molecule has 7 heteroatoms. The highest BCUT2D eigenvalue weighted by molar-refractivity contribution is 7.10. The third-order valence-corrected chi connectivity index (χ3v) is 6.67. The largest absolute Gasteiger partial charge is 0.507 e. The number of hydrogen-bond acceptors (Lipinski definition) is 5. The molecule has 1 aromatic carbocycles. The van der Waals surface area contributed by atoms with Crippen molar-refractivity contribution in [1.29, 1.82) is 0 Å². The number of likely N-dealkylation sites (tertiary alicyclic amines) is 1. The molecule has 1 amide bonds. The lowest BCUT2D eigenvalue weighted by Gasteiger charge is -2.29. The maximum atomic E-state index is 13.0. The third kappa shape index (κ3) is 3.10. The smallest absolute Gasteiger partial charge is 0.295 e. The summed E-state index contributed by atoms with van der Waals surface area (Å²) in [7, 11) is 1.48. The maximum Gasteiger partial charge on any atom is 0.295 e. The Bertz CT molecular complexity index is 947. The molecule has 2 aliphatic rings. The molecule has 4 rings (SSSR count). The van der Waals surface area contributed by atoms with Gasteiger partial charge in [-0.3, -0.25) is 9.59 Å². The van der Waals surface area contributed by atoms with Crippen LogP contribution in [0.3, 0.4) is 0 Å². The minimum absolute atomic E-state index is 0.0219. The lowest BCUT2D eigenvalue weighted by Crippen LogP contribution is -2.37. The molecule has 1 atom stereocenters. The normalized spacial score (nSPS) is 22.2. The number of halogens is 1. The molecule has 1 unspecified atom stereocenters. The van der Waals surface area contributed by atoms with E-state index in [4.69, 9.17) is 16.3 Å². The molecule has 2 heterocycles. The molecule has 5 nitrogen and oxygen atoms in total. The number of rotatable bonds is 4. The summed E-state index contributed by atoms with van der Waals surface area (Å²) in [5, 5.41) is 13.4. The van der Waals surface area contributed by atoms with Crippen LogP contribution in [0.25, 0.3) is 5.76 Å². The topological polar surface area (TPSA) is 66.8 Å². The van der Waals surface area contributed by atoms with Crippen LogP contribution in [0, 0.1) is 0 Å². The van der Waals surface area contributed by atoms with Gasteiger partial charge in [0.25, 0.3) is 11.7 Å². The zero-order valence-electron chi connectivity index (χ0n) is 15.4. The standard InChI is InChI=1S/C21H20ClNO4S/c1-27-15-11-12(8-9-14(15)22)19(24)17-18(16-7-4-10-28-16)23(21(26)20(17)25)13-5-2-3-6-13/h4,7-11,13,18,24H,2-3,5-6H2,1H3/b19-17-. The minimum Gasteiger partial charge on any atom is -0.507 e. The second-order valence-electron chi connectivity index (χ2n) is 7.01. The Morgan fingerprint density at radius 1 is 1.25 bits per heavy atom. The van der Waals surface area contributed by atoms with E-state index in [-0.39, 0.29) is 17.4 Å².